The van der Waals surface area contributed by atoms with Crippen LogP contribution in [0.15, 0.2) is 41.3 Å². The van der Waals surface area contributed by atoms with Gasteiger partial charge in [-0.05, 0) is 30.7 Å². The molecule has 1 atom stereocenters. The fourth-order valence-corrected chi connectivity index (χ4v) is 3.65. The quantitative estimate of drug-likeness (QED) is 0.570. The number of nitrogens with one attached hydrogen (secondary N) is 2. The second kappa shape index (κ2) is 7.76. The number of aliphatic carboxylic acids is 1. The molecule has 1 unspecified atom stereocenters. The minimum atomic E-state index is -1.04. The van der Waals surface area contributed by atoms with Crippen molar-refractivity contribution in [1.82, 2.24) is 14.8 Å². The monoisotopic (exact) mass is 392 g/mol. The highest BCUT2D eigenvalue weighted by Gasteiger charge is 2.20. The van der Waals surface area contributed by atoms with Crippen LogP contribution in [-0.2, 0) is 11.3 Å². The molecule has 0 spiro atoms. The lowest BCUT2D eigenvalue weighted by Gasteiger charge is -2.14. The molecule has 0 aliphatic carbocycles. The third-order valence-electron chi connectivity index (χ3n) is 3.92. The molecule has 0 bridgehead atoms. The third kappa shape index (κ3) is 3.81. The van der Waals surface area contributed by atoms with Crippen LogP contribution >= 0.6 is 22.9 Å². The fourth-order valence-electron chi connectivity index (χ4n) is 2.62. The number of pyridine rings is 1. The molecule has 3 N–H and O–H groups in total. The van der Waals surface area contributed by atoms with Gasteiger partial charge in [0.1, 0.15) is 11.9 Å². The first-order valence-electron chi connectivity index (χ1n) is 7.97. The number of anilines is 1. The van der Waals surface area contributed by atoms with Gasteiger partial charge in [-0.3, -0.25) is 9.89 Å². The van der Waals surface area contributed by atoms with Crippen LogP contribution in [0, 0.1) is 0 Å². The number of halogens is 1. The largest absolute Gasteiger partial charge is 0.480 e. The van der Waals surface area contributed by atoms with Crippen LogP contribution < -0.4 is 10.9 Å². The van der Waals surface area contributed by atoms with Crippen LogP contribution in [0.5, 0.6) is 0 Å². The van der Waals surface area contributed by atoms with Crippen LogP contribution in [0.25, 0.3) is 11.3 Å². The number of carboxylic acids is 1. The number of nitrogens with zero attached hydrogens (tertiary/aromatic N) is 2. The van der Waals surface area contributed by atoms with Gasteiger partial charge in [0.25, 0.3) is 5.56 Å². The minimum absolute atomic E-state index is 0.315. The molecule has 0 saturated carbocycles. The van der Waals surface area contributed by atoms with Gasteiger partial charge in [-0.2, -0.15) is 5.10 Å². The van der Waals surface area contributed by atoms with Gasteiger partial charge in [0.05, 0.1) is 22.1 Å². The molecule has 0 saturated heterocycles. The summed E-state index contributed by atoms with van der Waals surface area (Å²) in [7, 11) is 0. The van der Waals surface area contributed by atoms with E-state index in [4.69, 9.17) is 11.6 Å². The maximum Gasteiger partial charge on any atom is 0.326 e. The van der Waals surface area contributed by atoms with E-state index in [1.54, 1.807) is 25.1 Å². The van der Waals surface area contributed by atoms with Gasteiger partial charge < -0.3 is 15.0 Å². The topological polar surface area (TPSA) is 100 Å². The van der Waals surface area contributed by atoms with E-state index in [0.717, 1.165) is 9.21 Å². The Morgan fingerprint density at radius 1 is 1.46 bits per heavy atom. The standard InChI is InChI=1S/C17H17ClN4O3S/c1-2-13(17(24)25)22-7-3-4-11(16(22)23)12-8-15(21-20-12)19-9-10-5-6-14(18)26-10/h3-8,13H,2,9H2,1H3,(H,24,25)(H2,19,20,21). The van der Waals surface area contributed by atoms with Crippen molar-refractivity contribution in [1.29, 1.82) is 0 Å². The normalized spacial score (nSPS) is 12.1. The van der Waals surface area contributed by atoms with E-state index in [1.807, 2.05) is 12.1 Å². The Labute approximate surface area is 158 Å². The zero-order valence-electron chi connectivity index (χ0n) is 13.9. The summed E-state index contributed by atoms with van der Waals surface area (Å²) in [6, 6.07) is 7.87. The molecular formula is C17H17ClN4O3S. The van der Waals surface area contributed by atoms with Crippen LogP contribution in [0.2, 0.25) is 4.34 Å². The molecule has 3 heterocycles. The number of hydrogen-bond donors (Lipinski definition) is 3. The lowest BCUT2D eigenvalue weighted by molar-refractivity contribution is -0.141. The Kier molecular flexibility index (Phi) is 5.43. The lowest BCUT2D eigenvalue weighted by Crippen LogP contribution is -2.29. The van der Waals surface area contributed by atoms with Crippen molar-refractivity contribution in [2.45, 2.75) is 25.9 Å². The number of hydrogen-bond acceptors (Lipinski definition) is 5. The molecule has 0 fully saturated rings. The second-order valence-corrected chi connectivity index (χ2v) is 7.42. The number of aromatic amines is 1. The summed E-state index contributed by atoms with van der Waals surface area (Å²) < 4.78 is 1.95. The predicted molar refractivity (Wildman–Crippen MR) is 102 cm³/mol. The molecule has 0 amide bonds. The first kappa shape index (κ1) is 18.2. The minimum Gasteiger partial charge on any atom is -0.480 e. The van der Waals surface area contributed by atoms with Crippen LogP contribution in [-0.4, -0.2) is 25.8 Å². The Morgan fingerprint density at radius 3 is 2.92 bits per heavy atom. The molecule has 3 rings (SSSR count). The van der Waals surface area contributed by atoms with Crippen molar-refractivity contribution in [2.24, 2.45) is 0 Å². The van der Waals surface area contributed by atoms with E-state index >= 15 is 0 Å². The molecule has 26 heavy (non-hydrogen) atoms. The van der Waals surface area contributed by atoms with Crippen molar-refractivity contribution in [2.75, 3.05) is 5.32 Å². The molecule has 0 aliphatic rings. The number of thiophene rings is 1. The van der Waals surface area contributed by atoms with E-state index in [1.165, 1.54) is 22.1 Å². The van der Waals surface area contributed by atoms with Crippen LogP contribution in [0.1, 0.15) is 24.3 Å². The first-order valence-corrected chi connectivity index (χ1v) is 9.17. The molecule has 7 nitrogen and oxygen atoms in total. The van der Waals surface area contributed by atoms with Crippen molar-refractivity contribution in [3.8, 4) is 11.3 Å². The van der Waals surface area contributed by atoms with E-state index in [2.05, 4.69) is 15.5 Å². The maximum absolute atomic E-state index is 12.7. The average Bonchev–Trinajstić information content (AvgIpc) is 3.24. The van der Waals surface area contributed by atoms with Gasteiger partial charge in [0, 0.05) is 17.1 Å². The van der Waals surface area contributed by atoms with Crippen LogP contribution in [0.3, 0.4) is 0 Å². The Morgan fingerprint density at radius 2 is 2.27 bits per heavy atom. The number of H-pyrrole nitrogens is 1. The molecule has 0 radical (unpaired) electrons. The summed E-state index contributed by atoms with van der Waals surface area (Å²) in [5.74, 6) is -0.379. The summed E-state index contributed by atoms with van der Waals surface area (Å²) in [5.41, 5.74) is 0.414. The summed E-state index contributed by atoms with van der Waals surface area (Å²) in [5, 5.41) is 19.5. The highest BCUT2D eigenvalue weighted by atomic mass is 35.5. The van der Waals surface area contributed by atoms with Gasteiger partial charge in [-0.25, -0.2) is 4.79 Å². The fraction of sp³-hybridized carbons (Fsp3) is 0.235. The first-order chi connectivity index (χ1) is 12.5. The van der Waals surface area contributed by atoms with Crippen LogP contribution in [0.4, 0.5) is 5.82 Å². The van der Waals surface area contributed by atoms with Crippen molar-refractivity contribution in [3.63, 3.8) is 0 Å². The van der Waals surface area contributed by atoms with Crippen molar-refractivity contribution >= 4 is 34.7 Å². The second-order valence-electron chi connectivity index (χ2n) is 5.62. The zero-order chi connectivity index (χ0) is 18.7. The van der Waals surface area contributed by atoms with Gasteiger partial charge >= 0.3 is 5.97 Å². The number of rotatable bonds is 7. The Balaban J connectivity index is 1.83. The summed E-state index contributed by atoms with van der Waals surface area (Å²) >= 11 is 7.39. The summed E-state index contributed by atoms with van der Waals surface area (Å²) in [6.07, 6.45) is 1.80. The molecule has 0 aliphatic heterocycles. The van der Waals surface area contributed by atoms with Gasteiger partial charge in [0.2, 0.25) is 0 Å². The average molecular weight is 393 g/mol. The highest BCUT2D eigenvalue weighted by Crippen LogP contribution is 2.23. The maximum atomic E-state index is 12.7. The van der Waals surface area contributed by atoms with E-state index in [9.17, 15) is 14.7 Å². The zero-order valence-corrected chi connectivity index (χ0v) is 15.5. The van der Waals surface area contributed by atoms with E-state index in [-0.39, 0.29) is 5.56 Å². The predicted octanol–water partition coefficient (Wildman–Crippen LogP) is 3.60. The number of aromatic nitrogens is 3. The SMILES string of the molecule is CCC(C(=O)O)n1cccc(-c2cc(NCc3ccc(Cl)s3)[nH]n2)c1=O. The highest BCUT2D eigenvalue weighted by molar-refractivity contribution is 7.16. The molecule has 3 aromatic rings. The number of carbonyl (C=O) groups is 1. The van der Waals surface area contributed by atoms with Gasteiger partial charge in [0.15, 0.2) is 0 Å². The van der Waals surface area contributed by atoms with Crippen molar-refractivity contribution < 1.29 is 9.90 Å². The Bertz CT molecular complexity index is 978. The van der Waals surface area contributed by atoms with Gasteiger partial charge in [-0.1, -0.05) is 18.5 Å². The van der Waals surface area contributed by atoms with E-state index < -0.39 is 12.0 Å². The Hall–Kier alpha value is -2.58. The third-order valence-corrected chi connectivity index (χ3v) is 5.15. The lowest BCUT2D eigenvalue weighted by atomic mass is 10.1. The van der Waals surface area contributed by atoms with Crippen molar-refractivity contribution in [3.05, 3.63) is 56.1 Å². The molecule has 9 heteroatoms. The van der Waals surface area contributed by atoms with E-state index in [0.29, 0.717) is 30.0 Å². The summed E-state index contributed by atoms with van der Waals surface area (Å²) in [6.45, 7) is 2.31. The molecule has 0 aromatic carbocycles. The number of carboxylic acid groups (broad SMARTS) is 1. The van der Waals surface area contributed by atoms with Gasteiger partial charge in [-0.15, -0.1) is 11.3 Å². The smallest absolute Gasteiger partial charge is 0.326 e. The molecule has 3 aromatic heterocycles. The molecular weight excluding hydrogens is 376 g/mol. The summed E-state index contributed by atoms with van der Waals surface area (Å²) in [4.78, 5) is 25.1. The molecule has 136 valence electrons.